The molecule has 0 radical (unpaired) electrons. The van der Waals surface area contributed by atoms with E-state index in [-0.39, 0.29) is 23.4 Å². The third kappa shape index (κ3) is 3.31. The fourth-order valence-corrected chi connectivity index (χ4v) is 4.01. The van der Waals surface area contributed by atoms with Crippen LogP contribution in [0.4, 0.5) is 0 Å². The van der Waals surface area contributed by atoms with Crippen LogP contribution in [-0.4, -0.2) is 53.1 Å². The Hall–Kier alpha value is -1.89. The van der Waals surface area contributed by atoms with Gasteiger partial charge in [0.15, 0.2) is 5.69 Å². The molecule has 2 aliphatic heterocycles. The summed E-state index contributed by atoms with van der Waals surface area (Å²) >= 11 is 0. The summed E-state index contributed by atoms with van der Waals surface area (Å²) in [4.78, 5) is 26.4. The van der Waals surface area contributed by atoms with Crippen molar-refractivity contribution in [1.29, 1.82) is 0 Å². The summed E-state index contributed by atoms with van der Waals surface area (Å²) in [6.07, 6.45) is 4.33. The van der Waals surface area contributed by atoms with Crippen molar-refractivity contribution in [3.63, 3.8) is 0 Å². The zero-order chi connectivity index (χ0) is 17.2. The summed E-state index contributed by atoms with van der Waals surface area (Å²) in [7, 11) is 0. The molecule has 1 aromatic heterocycles. The second kappa shape index (κ2) is 6.93. The molecule has 7 heteroatoms. The number of piperidine rings is 1. The molecule has 1 unspecified atom stereocenters. The number of nitrogens with zero attached hydrogens (tertiary/aromatic N) is 2. The van der Waals surface area contributed by atoms with Gasteiger partial charge in [0, 0.05) is 37.5 Å². The third-order valence-corrected chi connectivity index (χ3v) is 5.06. The topological polar surface area (TPSA) is 87.5 Å². The minimum atomic E-state index is -0.195. The zero-order valence-electron chi connectivity index (χ0n) is 14.4. The lowest BCUT2D eigenvalue weighted by molar-refractivity contribution is -0.119. The van der Waals surface area contributed by atoms with E-state index in [1.165, 1.54) is 6.92 Å². The van der Waals surface area contributed by atoms with Crippen molar-refractivity contribution >= 4 is 11.8 Å². The van der Waals surface area contributed by atoms with Gasteiger partial charge in [0.1, 0.15) is 5.76 Å². The minimum absolute atomic E-state index is 0.00608. The molecular formula is C17H26N4O3. The van der Waals surface area contributed by atoms with Crippen molar-refractivity contribution in [3.05, 3.63) is 17.5 Å². The number of hydrogen-bond acceptors (Lipinski definition) is 5. The normalized spacial score (nSPS) is 22.8. The van der Waals surface area contributed by atoms with Crippen LogP contribution >= 0.6 is 0 Å². The van der Waals surface area contributed by atoms with Gasteiger partial charge in [-0.2, -0.15) is 0 Å². The van der Waals surface area contributed by atoms with Crippen molar-refractivity contribution in [1.82, 2.24) is 20.7 Å². The maximum Gasteiger partial charge on any atom is 0.276 e. The summed E-state index contributed by atoms with van der Waals surface area (Å²) in [6, 6.07) is 1.76. The molecule has 1 spiro atoms. The number of nitrogens with one attached hydrogen (secondary N) is 2. The highest BCUT2D eigenvalue weighted by Gasteiger charge is 2.49. The minimum Gasteiger partial charge on any atom is -0.361 e. The van der Waals surface area contributed by atoms with E-state index in [2.05, 4.69) is 22.7 Å². The smallest absolute Gasteiger partial charge is 0.276 e. The summed E-state index contributed by atoms with van der Waals surface area (Å²) in [6.45, 7) is 5.89. The summed E-state index contributed by atoms with van der Waals surface area (Å²) < 4.78 is 5.27. The maximum atomic E-state index is 13.0. The van der Waals surface area contributed by atoms with Gasteiger partial charge in [0.25, 0.3) is 5.91 Å². The molecule has 0 saturated carbocycles. The van der Waals surface area contributed by atoms with Crippen molar-refractivity contribution in [2.24, 2.45) is 0 Å². The van der Waals surface area contributed by atoms with E-state index in [1.54, 1.807) is 6.07 Å². The van der Waals surface area contributed by atoms with Crippen LogP contribution in [0.5, 0.6) is 0 Å². The van der Waals surface area contributed by atoms with Crippen molar-refractivity contribution in [2.45, 2.75) is 57.5 Å². The fourth-order valence-electron chi connectivity index (χ4n) is 4.01. The Morgan fingerprint density at radius 2 is 2.21 bits per heavy atom. The van der Waals surface area contributed by atoms with Crippen molar-refractivity contribution in [2.75, 3.05) is 19.6 Å². The Morgan fingerprint density at radius 1 is 1.46 bits per heavy atom. The molecule has 1 atom stereocenters. The molecule has 132 valence electrons. The van der Waals surface area contributed by atoms with Gasteiger partial charge >= 0.3 is 0 Å². The Bertz CT molecular complexity index is 607. The van der Waals surface area contributed by atoms with E-state index in [4.69, 9.17) is 4.52 Å². The van der Waals surface area contributed by atoms with Gasteiger partial charge in [-0.3, -0.25) is 9.59 Å². The fraction of sp³-hybridized carbons (Fsp3) is 0.706. The Kier molecular flexibility index (Phi) is 4.89. The largest absolute Gasteiger partial charge is 0.361 e. The van der Waals surface area contributed by atoms with Crippen LogP contribution < -0.4 is 10.6 Å². The van der Waals surface area contributed by atoms with E-state index < -0.39 is 0 Å². The summed E-state index contributed by atoms with van der Waals surface area (Å²) in [5.41, 5.74) is 0.180. The van der Waals surface area contributed by atoms with E-state index in [9.17, 15) is 9.59 Å². The SMILES string of the molecule is CCCc1cc(C(=O)N2CC(NC(C)=O)CC23CCNCC3)no1. The molecule has 0 aliphatic carbocycles. The van der Waals surface area contributed by atoms with Crippen LogP contribution in [-0.2, 0) is 11.2 Å². The molecule has 2 saturated heterocycles. The first-order valence-corrected chi connectivity index (χ1v) is 8.79. The van der Waals surface area contributed by atoms with E-state index in [1.807, 2.05) is 4.90 Å². The highest BCUT2D eigenvalue weighted by atomic mass is 16.5. The highest BCUT2D eigenvalue weighted by Crippen LogP contribution is 2.38. The monoisotopic (exact) mass is 334 g/mol. The Morgan fingerprint density at radius 3 is 2.88 bits per heavy atom. The molecule has 2 amide bonds. The molecule has 0 bridgehead atoms. The van der Waals surface area contributed by atoms with Gasteiger partial charge in [-0.25, -0.2) is 0 Å². The molecule has 1 aromatic rings. The van der Waals surface area contributed by atoms with Crippen LogP contribution in [0.25, 0.3) is 0 Å². The molecule has 3 rings (SSSR count). The average molecular weight is 334 g/mol. The zero-order valence-corrected chi connectivity index (χ0v) is 14.4. The first-order valence-electron chi connectivity index (χ1n) is 8.79. The van der Waals surface area contributed by atoms with Crippen LogP contribution in [0.2, 0.25) is 0 Å². The number of amides is 2. The van der Waals surface area contributed by atoms with E-state index >= 15 is 0 Å². The van der Waals surface area contributed by atoms with Gasteiger partial charge in [-0.15, -0.1) is 0 Å². The molecule has 2 aliphatic rings. The summed E-state index contributed by atoms with van der Waals surface area (Å²) in [5, 5.41) is 10.3. The van der Waals surface area contributed by atoms with Gasteiger partial charge in [0.2, 0.25) is 5.91 Å². The van der Waals surface area contributed by atoms with E-state index in [0.717, 1.165) is 51.0 Å². The van der Waals surface area contributed by atoms with E-state index in [0.29, 0.717) is 12.2 Å². The number of rotatable bonds is 4. The average Bonchev–Trinajstić information content (AvgIpc) is 3.13. The van der Waals surface area contributed by atoms with Gasteiger partial charge < -0.3 is 20.1 Å². The third-order valence-electron chi connectivity index (χ3n) is 5.06. The molecule has 0 aromatic carbocycles. The van der Waals surface area contributed by atoms with Crippen LogP contribution in [0, 0.1) is 0 Å². The number of carbonyl (C=O) groups excluding carboxylic acids is 2. The lowest BCUT2D eigenvalue weighted by Crippen LogP contribution is -2.53. The number of carbonyl (C=O) groups is 2. The number of aryl methyl sites for hydroxylation is 1. The maximum absolute atomic E-state index is 13.0. The lowest BCUT2D eigenvalue weighted by Gasteiger charge is -2.41. The predicted octanol–water partition coefficient (Wildman–Crippen LogP) is 1.10. The first-order chi connectivity index (χ1) is 11.5. The van der Waals surface area contributed by atoms with Gasteiger partial charge in [-0.05, 0) is 38.8 Å². The van der Waals surface area contributed by atoms with Crippen LogP contribution in [0.1, 0.15) is 55.8 Å². The molecular weight excluding hydrogens is 308 g/mol. The summed E-state index contributed by atoms with van der Waals surface area (Å²) in [5.74, 6) is 0.610. The van der Waals surface area contributed by atoms with Gasteiger partial charge in [-0.1, -0.05) is 12.1 Å². The highest BCUT2D eigenvalue weighted by molar-refractivity contribution is 5.93. The standard InChI is InChI=1S/C17H26N4O3/c1-3-4-14-9-15(20-24-14)16(23)21-11-13(19-12(2)22)10-17(21)5-7-18-8-6-17/h9,13,18H,3-8,10-11H2,1-2H3,(H,19,22). The van der Waals surface area contributed by atoms with Crippen LogP contribution in [0.3, 0.4) is 0 Å². The van der Waals surface area contributed by atoms with Gasteiger partial charge in [0.05, 0.1) is 0 Å². The van der Waals surface area contributed by atoms with Crippen molar-refractivity contribution < 1.29 is 14.1 Å². The molecule has 2 fully saturated rings. The predicted molar refractivity (Wildman–Crippen MR) is 88.6 cm³/mol. The molecule has 24 heavy (non-hydrogen) atoms. The quantitative estimate of drug-likeness (QED) is 0.861. The number of aromatic nitrogens is 1. The number of likely N-dealkylation sites (tertiary alicyclic amines) is 1. The molecule has 7 nitrogen and oxygen atoms in total. The first kappa shape index (κ1) is 17.0. The Labute approximate surface area is 142 Å². The van der Waals surface area contributed by atoms with Crippen LogP contribution in [0.15, 0.2) is 10.6 Å². The second-order valence-electron chi connectivity index (χ2n) is 6.92. The van der Waals surface area contributed by atoms with Crippen molar-refractivity contribution in [3.8, 4) is 0 Å². The lowest BCUT2D eigenvalue weighted by atomic mass is 9.84. The number of hydrogen-bond donors (Lipinski definition) is 2. The Balaban J connectivity index is 1.81. The molecule has 3 heterocycles. The second-order valence-corrected chi connectivity index (χ2v) is 6.92. The molecule has 2 N–H and O–H groups in total.